The zero-order valence-corrected chi connectivity index (χ0v) is 8.94. The van der Waals surface area contributed by atoms with Crippen LogP contribution in [-0.4, -0.2) is 13.2 Å². The summed E-state index contributed by atoms with van der Waals surface area (Å²) in [7, 11) is 0. The number of benzene rings is 1. The zero-order chi connectivity index (χ0) is 10.4. The molecule has 0 saturated heterocycles. The van der Waals surface area contributed by atoms with Crippen LogP contribution in [0.15, 0.2) is 30.3 Å². The van der Waals surface area contributed by atoms with Gasteiger partial charge in [0.2, 0.25) is 0 Å². The van der Waals surface area contributed by atoms with Gasteiger partial charge in [0.05, 0.1) is 12.7 Å². The molecule has 0 saturated carbocycles. The molecule has 0 aliphatic carbocycles. The van der Waals surface area contributed by atoms with Crippen LogP contribution in [0, 0.1) is 5.92 Å². The molecule has 0 aliphatic rings. The van der Waals surface area contributed by atoms with Crippen LogP contribution < -0.4 is 5.73 Å². The van der Waals surface area contributed by atoms with Crippen LogP contribution in [0.2, 0.25) is 0 Å². The van der Waals surface area contributed by atoms with Gasteiger partial charge >= 0.3 is 0 Å². The molecule has 1 aromatic rings. The smallest absolute Gasteiger partial charge is 0.0848 e. The lowest BCUT2D eigenvalue weighted by Crippen LogP contribution is -2.16. The van der Waals surface area contributed by atoms with Gasteiger partial charge in [0, 0.05) is 6.54 Å². The average molecular weight is 193 g/mol. The molecule has 0 spiro atoms. The molecule has 2 nitrogen and oxygen atoms in total. The molecule has 14 heavy (non-hydrogen) atoms. The van der Waals surface area contributed by atoms with E-state index in [2.05, 4.69) is 26.0 Å². The van der Waals surface area contributed by atoms with Crippen molar-refractivity contribution in [3.8, 4) is 0 Å². The Hall–Kier alpha value is -0.860. The Bertz CT molecular complexity index is 246. The summed E-state index contributed by atoms with van der Waals surface area (Å²) in [6, 6.07) is 10.3. The molecule has 0 aliphatic heterocycles. The number of rotatable bonds is 5. The topological polar surface area (TPSA) is 35.2 Å². The van der Waals surface area contributed by atoms with E-state index in [4.69, 9.17) is 10.5 Å². The number of hydrogen-bond donors (Lipinski definition) is 1. The number of nitrogens with two attached hydrogens (primary N) is 1. The Morgan fingerprint density at radius 1 is 1.21 bits per heavy atom. The molecule has 0 fully saturated rings. The molecular weight excluding hydrogens is 174 g/mol. The summed E-state index contributed by atoms with van der Waals surface area (Å²) in [4.78, 5) is 0. The van der Waals surface area contributed by atoms with Crippen molar-refractivity contribution in [3.05, 3.63) is 35.9 Å². The van der Waals surface area contributed by atoms with E-state index in [1.807, 2.05) is 18.2 Å². The fourth-order valence-corrected chi connectivity index (χ4v) is 1.51. The van der Waals surface area contributed by atoms with Gasteiger partial charge in [-0.15, -0.1) is 0 Å². The van der Waals surface area contributed by atoms with Gasteiger partial charge in [-0.25, -0.2) is 0 Å². The minimum absolute atomic E-state index is 0.166. The summed E-state index contributed by atoms with van der Waals surface area (Å²) in [6.45, 7) is 5.52. The van der Waals surface area contributed by atoms with E-state index in [1.54, 1.807) is 0 Å². The first-order valence-electron chi connectivity index (χ1n) is 5.12. The molecule has 0 aromatic heterocycles. The van der Waals surface area contributed by atoms with Crippen molar-refractivity contribution in [1.29, 1.82) is 0 Å². The van der Waals surface area contributed by atoms with Crippen LogP contribution >= 0.6 is 0 Å². The second-order valence-electron chi connectivity index (χ2n) is 3.73. The monoisotopic (exact) mass is 193 g/mol. The van der Waals surface area contributed by atoms with Crippen LogP contribution in [0.25, 0.3) is 0 Å². The van der Waals surface area contributed by atoms with Gasteiger partial charge in [0.1, 0.15) is 0 Å². The Balaban J connectivity index is 2.68. The van der Waals surface area contributed by atoms with Gasteiger partial charge in [-0.3, -0.25) is 0 Å². The highest BCUT2D eigenvalue weighted by Gasteiger charge is 2.15. The van der Waals surface area contributed by atoms with Crippen LogP contribution in [0.5, 0.6) is 0 Å². The molecule has 0 radical (unpaired) electrons. The first-order valence-corrected chi connectivity index (χ1v) is 5.12. The van der Waals surface area contributed by atoms with Gasteiger partial charge in [-0.05, 0) is 11.5 Å². The lowest BCUT2D eigenvalue weighted by Gasteiger charge is -2.21. The largest absolute Gasteiger partial charge is 0.372 e. The molecule has 0 amide bonds. The third-order valence-electron chi connectivity index (χ3n) is 2.15. The highest BCUT2D eigenvalue weighted by Crippen LogP contribution is 2.24. The average Bonchev–Trinajstić information content (AvgIpc) is 2.19. The van der Waals surface area contributed by atoms with E-state index in [1.165, 1.54) is 5.56 Å². The second-order valence-corrected chi connectivity index (χ2v) is 3.73. The van der Waals surface area contributed by atoms with Crippen molar-refractivity contribution in [2.75, 3.05) is 13.2 Å². The summed E-state index contributed by atoms with van der Waals surface area (Å²) in [6.07, 6.45) is 0.166. The second kappa shape index (κ2) is 5.78. The van der Waals surface area contributed by atoms with E-state index in [-0.39, 0.29) is 6.10 Å². The SMILES string of the molecule is CC(C)[C@H](OCCN)c1ccccc1. The van der Waals surface area contributed by atoms with E-state index in [0.717, 1.165) is 0 Å². The van der Waals surface area contributed by atoms with Crippen LogP contribution in [0.3, 0.4) is 0 Å². The van der Waals surface area contributed by atoms with E-state index in [9.17, 15) is 0 Å². The normalized spacial score (nSPS) is 13.1. The maximum absolute atomic E-state index is 5.71. The first kappa shape index (κ1) is 11.2. The lowest BCUT2D eigenvalue weighted by molar-refractivity contribution is 0.0259. The Kier molecular flexibility index (Phi) is 4.63. The molecule has 2 N–H and O–H groups in total. The maximum atomic E-state index is 5.71. The van der Waals surface area contributed by atoms with E-state index >= 15 is 0 Å². The summed E-state index contributed by atoms with van der Waals surface area (Å²) in [5, 5.41) is 0. The summed E-state index contributed by atoms with van der Waals surface area (Å²) < 4.78 is 5.71. The van der Waals surface area contributed by atoms with Crippen molar-refractivity contribution in [2.45, 2.75) is 20.0 Å². The highest BCUT2D eigenvalue weighted by atomic mass is 16.5. The van der Waals surface area contributed by atoms with Gasteiger partial charge in [-0.2, -0.15) is 0 Å². The van der Waals surface area contributed by atoms with Crippen LogP contribution in [-0.2, 0) is 4.74 Å². The number of ether oxygens (including phenoxy) is 1. The van der Waals surface area contributed by atoms with Crippen LogP contribution in [0.4, 0.5) is 0 Å². The maximum Gasteiger partial charge on any atom is 0.0848 e. The molecule has 1 rings (SSSR count). The zero-order valence-electron chi connectivity index (χ0n) is 8.94. The van der Waals surface area contributed by atoms with Crippen molar-refractivity contribution < 1.29 is 4.74 Å². The van der Waals surface area contributed by atoms with E-state index in [0.29, 0.717) is 19.1 Å². The molecule has 1 atom stereocenters. The molecular formula is C12H19NO. The molecule has 0 unspecified atom stereocenters. The van der Waals surface area contributed by atoms with Crippen molar-refractivity contribution in [1.82, 2.24) is 0 Å². The van der Waals surface area contributed by atoms with Gasteiger partial charge in [-0.1, -0.05) is 44.2 Å². The molecule has 0 heterocycles. The van der Waals surface area contributed by atoms with Crippen molar-refractivity contribution in [2.24, 2.45) is 11.7 Å². The predicted octanol–water partition coefficient (Wildman–Crippen LogP) is 2.36. The molecule has 2 heteroatoms. The molecule has 1 aromatic carbocycles. The van der Waals surface area contributed by atoms with Gasteiger partial charge in [0.15, 0.2) is 0 Å². The highest BCUT2D eigenvalue weighted by molar-refractivity contribution is 5.17. The molecule has 78 valence electrons. The quantitative estimate of drug-likeness (QED) is 0.779. The minimum Gasteiger partial charge on any atom is -0.372 e. The van der Waals surface area contributed by atoms with Crippen LogP contribution in [0.1, 0.15) is 25.5 Å². The minimum atomic E-state index is 0.166. The lowest BCUT2D eigenvalue weighted by atomic mass is 9.99. The first-order chi connectivity index (χ1) is 6.75. The summed E-state index contributed by atoms with van der Waals surface area (Å²) in [5.41, 5.74) is 6.66. The van der Waals surface area contributed by atoms with Gasteiger partial charge < -0.3 is 10.5 Å². The van der Waals surface area contributed by atoms with E-state index < -0.39 is 0 Å². The Morgan fingerprint density at radius 2 is 1.86 bits per heavy atom. The summed E-state index contributed by atoms with van der Waals surface area (Å²) in [5.74, 6) is 0.476. The third kappa shape index (κ3) is 3.13. The third-order valence-corrected chi connectivity index (χ3v) is 2.15. The molecule has 0 bridgehead atoms. The Labute approximate surface area is 86.1 Å². The van der Waals surface area contributed by atoms with Crippen molar-refractivity contribution >= 4 is 0 Å². The fourth-order valence-electron chi connectivity index (χ4n) is 1.51. The summed E-state index contributed by atoms with van der Waals surface area (Å²) >= 11 is 0. The van der Waals surface area contributed by atoms with Gasteiger partial charge in [0.25, 0.3) is 0 Å². The fraction of sp³-hybridized carbons (Fsp3) is 0.500. The van der Waals surface area contributed by atoms with Crippen molar-refractivity contribution in [3.63, 3.8) is 0 Å². The standard InChI is InChI=1S/C12H19NO/c1-10(2)12(14-9-8-13)11-6-4-3-5-7-11/h3-7,10,12H,8-9,13H2,1-2H3/t12-/m0/s1. The predicted molar refractivity (Wildman–Crippen MR) is 59.0 cm³/mol. The Morgan fingerprint density at radius 3 is 2.36 bits per heavy atom. The number of hydrogen-bond acceptors (Lipinski definition) is 2.